The molecule has 2 N–H and O–H groups in total. The molecule has 1 atom stereocenters. The van der Waals surface area contributed by atoms with Crippen LogP contribution in [0.5, 0.6) is 0 Å². The minimum absolute atomic E-state index is 0.00792. The van der Waals surface area contributed by atoms with Gasteiger partial charge in [0, 0.05) is 5.56 Å². The molecule has 1 aromatic rings. The van der Waals surface area contributed by atoms with Crippen molar-refractivity contribution in [1.82, 2.24) is 0 Å². The summed E-state index contributed by atoms with van der Waals surface area (Å²) in [5.41, 5.74) is 6.88. The zero-order valence-electron chi connectivity index (χ0n) is 10.1. The second-order valence-corrected chi connectivity index (χ2v) is 4.53. The van der Waals surface area contributed by atoms with Crippen LogP contribution in [0, 0.1) is 0 Å². The lowest BCUT2D eigenvalue weighted by atomic mass is 9.99. The summed E-state index contributed by atoms with van der Waals surface area (Å²) >= 11 is 0. The molecule has 1 aliphatic heterocycles. The van der Waals surface area contributed by atoms with Crippen molar-refractivity contribution in [2.45, 2.75) is 25.7 Å². The largest absolute Gasteiger partial charge is 0.347 e. The Balaban J connectivity index is 2.30. The molecule has 1 aliphatic rings. The summed E-state index contributed by atoms with van der Waals surface area (Å²) < 4.78 is 11.3. The van der Waals surface area contributed by atoms with Crippen molar-refractivity contribution in [3.05, 3.63) is 35.4 Å². The first kappa shape index (κ1) is 12.2. The average Bonchev–Trinajstić information content (AvgIpc) is 2.68. The summed E-state index contributed by atoms with van der Waals surface area (Å²) in [6.07, 6.45) is -0.198. The van der Waals surface area contributed by atoms with Crippen molar-refractivity contribution in [2.75, 3.05) is 13.2 Å². The monoisotopic (exact) mass is 235 g/mol. The van der Waals surface area contributed by atoms with Gasteiger partial charge in [-0.2, -0.15) is 0 Å². The fourth-order valence-corrected chi connectivity index (χ4v) is 1.98. The lowest BCUT2D eigenvalue weighted by Gasteiger charge is -2.18. The van der Waals surface area contributed by atoms with Gasteiger partial charge in [0.25, 0.3) is 0 Å². The standard InChI is InChI=1S/C13H17NO3/c1-13(2)16-8-12(17-13)10-6-4-3-5-9(10)11(15)7-14/h3-6,12H,7-8,14H2,1-2H3. The van der Waals surface area contributed by atoms with Gasteiger partial charge in [-0.25, -0.2) is 0 Å². The lowest BCUT2D eigenvalue weighted by molar-refractivity contribution is -0.139. The molecule has 0 saturated carbocycles. The first-order valence-electron chi connectivity index (χ1n) is 5.67. The van der Waals surface area contributed by atoms with Gasteiger partial charge < -0.3 is 15.2 Å². The van der Waals surface area contributed by atoms with Crippen LogP contribution in [0.4, 0.5) is 0 Å². The molecule has 2 rings (SSSR count). The Labute approximate surface area is 101 Å². The Morgan fingerprint density at radius 2 is 2.18 bits per heavy atom. The van der Waals surface area contributed by atoms with E-state index in [2.05, 4.69) is 0 Å². The normalized spacial score (nSPS) is 22.6. The molecule has 92 valence electrons. The van der Waals surface area contributed by atoms with E-state index in [1.807, 2.05) is 32.0 Å². The van der Waals surface area contributed by atoms with Crippen molar-refractivity contribution in [2.24, 2.45) is 5.73 Å². The van der Waals surface area contributed by atoms with Crippen molar-refractivity contribution in [3.63, 3.8) is 0 Å². The van der Waals surface area contributed by atoms with Gasteiger partial charge in [-0.15, -0.1) is 0 Å². The van der Waals surface area contributed by atoms with E-state index < -0.39 is 5.79 Å². The van der Waals surface area contributed by atoms with E-state index >= 15 is 0 Å². The molecule has 0 aromatic heterocycles. The molecular weight excluding hydrogens is 218 g/mol. The third-order valence-corrected chi connectivity index (χ3v) is 2.80. The Bertz CT molecular complexity index is 428. The molecule has 0 bridgehead atoms. The van der Waals surface area contributed by atoms with Crippen LogP contribution in [-0.2, 0) is 9.47 Å². The molecule has 4 nitrogen and oxygen atoms in total. The number of ether oxygens (including phenoxy) is 2. The molecule has 0 amide bonds. The zero-order chi connectivity index (χ0) is 12.5. The number of hydrogen-bond acceptors (Lipinski definition) is 4. The number of ketones is 1. The van der Waals surface area contributed by atoms with Gasteiger partial charge in [-0.05, 0) is 19.4 Å². The van der Waals surface area contributed by atoms with Crippen LogP contribution in [0.15, 0.2) is 24.3 Å². The summed E-state index contributed by atoms with van der Waals surface area (Å²) in [4.78, 5) is 11.7. The molecule has 1 unspecified atom stereocenters. The highest BCUT2D eigenvalue weighted by molar-refractivity contribution is 5.98. The Morgan fingerprint density at radius 1 is 1.47 bits per heavy atom. The van der Waals surface area contributed by atoms with Crippen LogP contribution < -0.4 is 5.73 Å². The number of carbonyl (C=O) groups is 1. The van der Waals surface area contributed by atoms with Crippen molar-refractivity contribution < 1.29 is 14.3 Å². The van der Waals surface area contributed by atoms with E-state index in [0.29, 0.717) is 12.2 Å². The highest BCUT2D eigenvalue weighted by atomic mass is 16.7. The van der Waals surface area contributed by atoms with Crippen LogP contribution in [0.2, 0.25) is 0 Å². The minimum Gasteiger partial charge on any atom is -0.347 e. The number of Topliss-reactive ketones (excluding diaryl/α,β-unsaturated/α-hetero) is 1. The third kappa shape index (κ3) is 2.54. The second kappa shape index (κ2) is 4.56. The number of carbonyl (C=O) groups excluding carboxylic acids is 1. The summed E-state index contributed by atoms with van der Waals surface area (Å²) in [6, 6.07) is 7.38. The molecule has 4 heteroatoms. The van der Waals surface area contributed by atoms with Gasteiger partial charge in [0.15, 0.2) is 11.6 Å². The Kier molecular flexibility index (Phi) is 3.28. The van der Waals surface area contributed by atoms with E-state index in [4.69, 9.17) is 15.2 Å². The van der Waals surface area contributed by atoms with E-state index in [-0.39, 0.29) is 18.4 Å². The second-order valence-electron chi connectivity index (χ2n) is 4.53. The minimum atomic E-state index is -0.594. The summed E-state index contributed by atoms with van der Waals surface area (Å²) in [6.45, 7) is 4.19. The van der Waals surface area contributed by atoms with Crippen LogP contribution in [0.25, 0.3) is 0 Å². The maximum absolute atomic E-state index is 11.7. The van der Waals surface area contributed by atoms with Gasteiger partial charge in [-0.3, -0.25) is 4.79 Å². The fraction of sp³-hybridized carbons (Fsp3) is 0.462. The zero-order valence-corrected chi connectivity index (χ0v) is 10.1. The maximum Gasteiger partial charge on any atom is 0.176 e. The predicted molar refractivity (Wildman–Crippen MR) is 63.7 cm³/mol. The number of rotatable bonds is 3. The Morgan fingerprint density at radius 3 is 2.76 bits per heavy atom. The van der Waals surface area contributed by atoms with Gasteiger partial charge in [0.05, 0.1) is 13.2 Å². The molecule has 1 aromatic carbocycles. The maximum atomic E-state index is 11.7. The van der Waals surface area contributed by atoms with Crippen LogP contribution in [0.3, 0.4) is 0 Å². The summed E-state index contributed by atoms with van der Waals surface area (Å²) in [5, 5.41) is 0. The molecule has 1 heterocycles. The fourth-order valence-electron chi connectivity index (χ4n) is 1.98. The molecular formula is C13H17NO3. The van der Waals surface area contributed by atoms with Gasteiger partial charge >= 0.3 is 0 Å². The van der Waals surface area contributed by atoms with Crippen LogP contribution in [-0.4, -0.2) is 24.7 Å². The molecule has 1 saturated heterocycles. The highest BCUT2D eigenvalue weighted by Gasteiger charge is 2.34. The van der Waals surface area contributed by atoms with Crippen LogP contribution >= 0.6 is 0 Å². The number of nitrogens with two attached hydrogens (primary N) is 1. The lowest BCUT2D eigenvalue weighted by Crippen LogP contribution is -2.21. The summed E-state index contributed by atoms with van der Waals surface area (Å²) in [5.74, 6) is -0.669. The smallest absolute Gasteiger partial charge is 0.176 e. The summed E-state index contributed by atoms with van der Waals surface area (Å²) in [7, 11) is 0. The molecule has 0 aliphatic carbocycles. The van der Waals surface area contributed by atoms with Crippen LogP contribution in [0.1, 0.15) is 35.9 Å². The van der Waals surface area contributed by atoms with Gasteiger partial charge in [0.2, 0.25) is 0 Å². The average molecular weight is 235 g/mol. The topological polar surface area (TPSA) is 61.5 Å². The van der Waals surface area contributed by atoms with E-state index in [1.165, 1.54) is 0 Å². The molecule has 0 radical (unpaired) electrons. The quantitative estimate of drug-likeness (QED) is 0.809. The van der Waals surface area contributed by atoms with E-state index in [1.54, 1.807) is 6.07 Å². The van der Waals surface area contributed by atoms with E-state index in [0.717, 1.165) is 5.56 Å². The Hall–Kier alpha value is -1.23. The van der Waals surface area contributed by atoms with Gasteiger partial charge in [-0.1, -0.05) is 24.3 Å². The third-order valence-electron chi connectivity index (χ3n) is 2.80. The SMILES string of the molecule is CC1(C)OCC(c2ccccc2C(=O)CN)O1. The number of benzene rings is 1. The molecule has 0 spiro atoms. The van der Waals surface area contributed by atoms with Crippen molar-refractivity contribution >= 4 is 5.78 Å². The number of hydrogen-bond donors (Lipinski definition) is 1. The van der Waals surface area contributed by atoms with Gasteiger partial charge in [0.1, 0.15) is 6.10 Å². The molecule has 17 heavy (non-hydrogen) atoms. The first-order valence-corrected chi connectivity index (χ1v) is 5.67. The first-order chi connectivity index (χ1) is 8.03. The van der Waals surface area contributed by atoms with Crippen molar-refractivity contribution in [3.8, 4) is 0 Å². The molecule has 1 fully saturated rings. The van der Waals surface area contributed by atoms with E-state index in [9.17, 15) is 4.79 Å². The predicted octanol–water partition coefficient (Wildman–Crippen LogP) is 1.65. The van der Waals surface area contributed by atoms with Crippen molar-refractivity contribution in [1.29, 1.82) is 0 Å². The highest BCUT2D eigenvalue weighted by Crippen LogP contribution is 2.34.